The number of hydrogen-bond acceptors (Lipinski definition) is 4. The van der Waals surface area contributed by atoms with Crippen molar-refractivity contribution in [3.63, 3.8) is 0 Å². The van der Waals surface area contributed by atoms with Gasteiger partial charge < -0.3 is 10.4 Å². The molecule has 1 amide bonds. The molecule has 2 rings (SSSR count). The van der Waals surface area contributed by atoms with Gasteiger partial charge in [-0.3, -0.25) is 4.79 Å². The molecule has 0 bridgehead atoms. The number of aryl methyl sites for hydroxylation is 1. The highest BCUT2D eigenvalue weighted by molar-refractivity contribution is 7.90. The Bertz CT molecular complexity index is 898. The van der Waals surface area contributed by atoms with E-state index in [1.807, 2.05) is 20.8 Å². The monoisotopic (exact) mass is 378 g/mol. The number of benzene rings is 1. The van der Waals surface area contributed by atoms with Gasteiger partial charge in [0.25, 0.3) is 15.9 Å². The van der Waals surface area contributed by atoms with E-state index in [9.17, 15) is 23.1 Å². The lowest BCUT2D eigenvalue weighted by Gasteiger charge is -2.15. The number of amides is 1. The Balaban J connectivity index is 2.21. The summed E-state index contributed by atoms with van der Waals surface area (Å²) >= 11 is 0. The molecule has 0 unspecified atom stereocenters. The van der Waals surface area contributed by atoms with Crippen LogP contribution < -0.4 is 5.32 Å². The molecule has 0 saturated carbocycles. The van der Waals surface area contributed by atoms with E-state index in [-0.39, 0.29) is 22.8 Å². The first-order valence-electron chi connectivity index (χ1n) is 8.15. The van der Waals surface area contributed by atoms with Crippen molar-refractivity contribution in [2.75, 3.05) is 0 Å². The molecule has 8 heteroatoms. The molecule has 0 aliphatic rings. The summed E-state index contributed by atoms with van der Waals surface area (Å²) in [5.74, 6) is -1.67. The predicted octanol–water partition coefficient (Wildman–Crippen LogP) is 2.26. The fraction of sp³-hybridized carbons (Fsp3) is 0.333. The number of carbonyl (C=O) groups is 2. The molecule has 26 heavy (non-hydrogen) atoms. The van der Waals surface area contributed by atoms with Crippen molar-refractivity contribution >= 4 is 21.9 Å². The molecule has 0 aliphatic carbocycles. The topological polar surface area (TPSA) is 105 Å². The number of carboxylic acids is 1. The number of nitrogens with one attached hydrogen (secondary N) is 1. The average molecular weight is 378 g/mol. The van der Waals surface area contributed by atoms with Crippen molar-refractivity contribution in [2.45, 2.75) is 38.1 Å². The maximum atomic E-state index is 12.6. The molecule has 7 nitrogen and oxygen atoms in total. The van der Waals surface area contributed by atoms with Gasteiger partial charge in [0.05, 0.1) is 10.5 Å². The largest absolute Gasteiger partial charge is 0.480 e. The molecule has 1 atom stereocenters. The molecule has 0 radical (unpaired) electrons. The van der Waals surface area contributed by atoms with Crippen LogP contribution in [0, 0.1) is 12.8 Å². The third kappa shape index (κ3) is 4.51. The minimum atomic E-state index is -3.81. The van der Waals surface area contributed by atoms with Gasteiger partial charge in [0.1, 0.15) is 6.04 Å². The van der Waals surface area contributed by atoms with Gasteiger partial charge in [0, 0.05) is 12.4 Å². The van der Waals surface area contributed by atoms with E-state index in [1.165, 1.54) is 30.6 Å². The Labute approximate surface area is 152 Å². The molecule has 2 N–H and O–H groups in total. The summed E-state index contributed by atoms with van der Waals surface area (Å²) in [5, 5.41) is 11.6. The first-order valence-corrected chi connectivity index (χ1v) is 9.59. The first kappa shape index (κ1) is 19.7. The number of carboxylic acid groups (broad SMARTS) is 1. The Morgan fingerprint density at radius 3 is 2.31 bits per heavy atom. The van der Waals surface area contributed by atoms with Crippen LogP contribution in [0.2, 0.25) is 0 Å². The Morgan fingerprint density at radius 2 is 1.77 bits per heavy atom. The molecule has 0 spiro atoms. The van der Waals surface area contributed by atoms with Gasteiger partial charge in [-0.15, -0.1) is 0 Å². The molecule has 0 saturated heterocycles. The molecular formula is C18H22N2O5S. The summed E-state index contributed by atoms with van der Waals surface area (Å²) in [6, 6.07) is 6.68. The number of hydrogen-bond donors (Lipinski definition) is 2. The predicted molar refractivity (Wildman–Crippen MR) is 96.5 cm³/mol. The summed E-state index contributed by atoms with van der Waals surface area (Å²) in [6.07, 6.45) is 2.73. The third-order valence-corrected chi connectivity index (χ3v) is 5.49. The smallest absolute Gasteiger partial charge is 0.326 e. The number of aliphatic carboxylic acids is 1. The lowest BCUT2D eigenvalue weighted by molar-refractivity contribution is -0.139. The summed E-state index contributed by atoms with van der Waals surface area (Å²) in [7, 11) is -3.81. The fourth-order valence-corrected chi connectivity index (χ4v) is 3.62. The van der Waals surface area contributed by atoms with E-state index in [1.54, 1.807) is 12.1 Å². The van der Waals surface area contributed by atoms with Crippen LogP contribution >= 0.6 is 0 Å². The molecule has 0 fully saturated rings. The summed E-state index contributed by atoms with van der Waals surface area (Å²) in [6.45, 7) is 5.56. The van der Waals surface area contributed by atoms with E-state index in [0.29, 0.717) is 0 Å². The van der Waals surface area contributed by atoms with Gasteiger partial charge in [-0.2, -0.15) is 0 Å². The second-order valence-corrected chi connectivity index (χ2v) is 8.39. The highest BCUT2D eigenvalue weighted by Crippen LogP contribution is 2.16. The molecule has 1 heterocycles. The first-order chi connectivity index (χ1) is 12.1. The van der Waals surface area contributed by atoms with Crippen molar-refractivity contribution < 1.29 is 23.1 Å². The minimum absolute atomic E-state index is 0.0793. The zero-order chi connectivity index (χ0) is 19.5. The average Bonchev–Trinajstić information content (AvgIpc) is 3.05. The van der Waals surface area contributed by atoms with Gasteiger partial charge in [-0.05, 0) is 37.5 Å². The Hall–Kier alpha value is -2.61. The molecule has 2 aromatic rings. The van der Waals surface area contributed by atoms with Crippen LogP contribution in [0.4, 0.5) is 0 Å². The molecule has 140 valence electrons. The quantitative estimate of drug-likeness (QED) is 0.769. The van der Waals surface area contributed by atoms with Crippen molar-refractivity contribution in [3.05, 3.63) is 53.9 Å². The molecule has 1 aromatic carbocycles. The normalized spacial score (nSPS) is 12.8. The van der Waals surface area contributed by atoms with Crippen LogP contribution in [0.1, 0.15) is 36.2 Å². The summed E-state index contributed by atoms with van der Waals surface area (Å²) in [4.78, 5) is 23.6. The highest BCUT2D eigenvalue weighted by Gasteiger charge is 2.23. The van der Waals surface area contributed by atoms with Gasteiger partial charge in [-0.1, -0.05) is 31.5 Å². The van der Waals surface area contributed by atoms with E-state index >= 15 is 0 Å². The maximum Gasteiger partial charge on any atom is 0.326 e. The Morgan fingerprint density at radius 1 is 1.15 bits per heavy atom. The number of aromatic nitrogens is 1. The van der Waals surface area contributed by atoms with Crippen LogP contribution in [-0.2, 0) is 14.8 Å². The van der Waals surface area contributed by atoms with Crippen LogP contribution in [0.15, 0.2) is 47.6 Å². The van der Waals surface area contributed by atoms with E-state index < -0.39 is 27.9 Å². The van der Waals surface area contributed by atoms with Crippen molar-refractivity contribution in [2.24, 2.45) is 5.92 Å². The summed E-state index contributed by atoms with van der Waals surface area (Å²) in [5.41, 5.74) is 1.01. The minimum Gasteiger partial charge on any atom is -0.480 e. The van der Waals surface area contributed by atoms with Crippen molar-refractivity contribution in [1.82, 2.24) is 9.29 Å². The third-order valence-electron chi connectivity index (χ3n) is 3.84. The second-order valence-electron chi connectivity index (χ2n) is 6.54. The van der Waals surface area contributed by atoms with Crippen LogP contribution in [-0.4, -0.2) is 35.4 Å². The maximum absolute atomic E-state index is 12.6. The molecule has 1 aromatic heterocycles. The van der Waals surface area contributed by atoms with Crippen LogP contribution in [0.5, 0.6) is 0 Å². The summed E-state index contributed by atoms with van der Waals surface area (Å²) < 4.78 is 26.1. The van der Waals surface area contributed by atoms with Gasteiger partial charge in [0.2, 0.25) is 0 Å². The van der Waals surface area contributed by atoms with Crippen molar-refractivity contribution in [1.29, 1.82) is 0 Å². The van der Waals surface area contributed by atoms with Gasteiger partial charge in [-0.25, -0.2) is 17.2 Å². The van der Waals surface area contributed by atoms with E-state index in [4.69, 9.17) is 0 Å². The number of carbonyl (C=O) groups excluding carboxylic acids is 1. The van der Waals surface area contributed by atoms with Gasteiger partial charge in [0.15, 0.2) is 0 Å². The second kappa shape index (κ2) is 7.74. The molecule has 0 aliphatic heterocycles. The zero-order valence-electron chi connectivity index (χ0n) is 14.8. The number of rotatable bonds is 7. The van der Waals surface area contributed by atoms with E-state index in [0.717, 1.165) is 9.54 Å². The zero-order valence-corrected chi connectivity index (χ0v) is 15.7. The lowest BCUT2D eigenvalue weighted by Crippen LogP contribution is -2.41. The molecular weight excluding hydrogens is 356 g/mol. The van der Waals surface area contributed by atoms with Crippen molar-refractivity contribution in [3.8, 4) is 0 Å². The fourth-order valence-electron chi connectivity index (χ4n) is 2.43. The lowest BCUT2D eigenvalue weighted by atomic mass is 10.0. The van der Waals surface area contributed by atoms with Crippen LogP contribution in [0.25, 0.3) is 0 Å². The number of nitrogens with zero attached hydrogens (tertiary/aromatic N) is 1. The standard InChI is InChI=1S/C18H22N2O5S/c1-12(2)10-16(18(22)23)19-17(21)14-8-9-20(11-14)26(24,25)15-6-4-13(3)5-7-15/h4-9,11-12,16H,10H2,1-3H3,(H,19,21)(H,22,23)/t16-/m1/s1. The van der Waals surface area contributed by atoms with E-state index in [2.05, 4.69) is 5.32 Å². The van der Waals surface area contributed by atoms with Crippen LogP contribution in [0.3, 0.4) is 0 Å². The highest BCUT2D eigenvalue weighted by atomic mass is 32.2. The van der Waals surface area contributed by atoms with Gasteiger partial charge >= 0.3 is 5.97 Å². The SMILES string of the molecule is Cc1ccc(S(=O)(=O)n2ccc(C(=O)N[C@H](CC(C)C)C(=O)O)c2)cc1. The Kier molecular flexibility index (Phi) is 5.86.